The van der Waals surface area contributed by atoms with E-state index in [0.717, 1.165) is 24.0 Å². The van der Waals surface area contributed by atoms with E-state index in [9.17, 15) is 28.8 Å². The van der Waals surface area contributed by atoms with Crippen LogP contribution in [0.25, 0.3) is 11.1 Å². The molecule has 0 radical (unpaired) electrons. The normalized spacial score (nSPS) is 24.8. The Labute approximate surface area is 291 Å². The quantitative estimate of drug-likeness (QED) is 0.185. The predicted molar refractivity (Wildman–Crippen MR) is 179 cm³/mol. The first-order chi connectivity index (χ1) is 23.5. The number of nitrogens with zero attached hydrogens (tertiary/aromatic N) is 2. The molecule has 6 rings (SSSR count). The first kappa shape index (κ1) is 35.1. The number of hydrogen-bond donors (Lipinski definition) is 0. The van der Waals surface area contributed by atoms with Gasteiger partial charge in [0.05, 0.1) is 0 Å². The summed E-state index contributed by atoms with van der Waals surface area (Å²) in [4.78, 5) is 79.8. The van der Waals surface area contributed by atoms with Crippen LogP contribution in [0.5, 0.6) is 0 Å². The molecule has 12 heteroatoms. The zero-order valence-electron chi connectivity index (χ0n) is 29.3. The summed E-state index contributed by atoms with van der Waals surface area (Å²) in [6, 6.07) is 12.0. The van der Waals surface area contributed by atoms with Crippen LogP contribution in [0, 0.1) is 11.8 Å². The third-order valence-electron chi connectivity index (χ3n) is 9.40. The van der Waals surface area contributed by atoms with Gasteiger partial charge in [-0.25, -0.2) is 19.2 Å². The summed E-state index contributed by atoms with van der Waals surface area (Å²) in [7, 11) is 0. The highest BCUT2D eigenvalue weighted by atomic mass is 16.6. The Morgan fingerprint density at radius 1 is 0.560 bits per heavy atom. The molecule has 4 aliphatic rings. The molecule has 6 atom stereocenters. The molecule has 0 spiro atoms. The lowest BCUT2D eigenvalue weighted by Gasteiger charge is -2.29. The first-order valence-electron chi connectivity index (χ1n) is 17.1. The van der Waals surface area contributed by atoms with Crippen molar-refractivity contribution in [2.45, 2.75) is 103 Å². The minimum absolute atomic E-state index is 0.0268. The van der Waals surface area contributed by atoms with Crippen LogP contribution in [0.3, 0.4) is 0 Å². The van der Waals surface area contributed by atoms with Crippen molar-refractivity contribution in [2.24, 2.45) is 11.8 Å². The van der Waals surface area contributed by atoms with Gasteiger partial charge in [-0.3, -0.25) is 19.4 Å². The summed E-state index contributed by atoms with van der Waals surface area (Å²) >= 11 is 0. The summed E-state index contributed by atoms with van der Waals surface area (Å²) in [6.07, 6.45) is 1.57. The second-order valence-electron chi connectivity index (χ2n) is 15.6. The third-order valence-corrected chi connectivity index (χ3v) is 9.40. The van der Waals surface area contributed by atoms with E-state index in [0.29, 0.717) is 24.0 Å². The van der Waals surface area contributed by atoms with E-state index in [1.54, 1.807) is 90.1 Å². The van der Waals surface area contributed by atoms with Crippen molar-refractivity contribution >= 4 is 35.7 Å². The van der Waals surface area contributed by atoms with E-state index in [1.807, 2.05) is 0 Å². The number of ether oxygens (including phenoxy) is 4. The second kappa shape index (κ2) is 13.2. The SMILES string of the molecule is CC(C)(C)OC(=O)N1[C@@H]2C[C@@H]2C[C@H]1C(=O)OCC(=O)c1ccc(-c2ccc(C(=O)COC(=O)[C@@H]3C[C@H]4C[C@H]4N3C(=O)OC(C)(C)C)cc2)cc1. The molecule has 2 saturated carbocycles. The average molecular weight is 689 g/mol. The molecule has 2 saturated heterocycles. The van der Waals surface area contributed by atoms with Gasteiger partial charge in [0.25, 0.3) is 0 Å². The first-order valence-corrected chi connectivity index (χ1v) is 17.1. The van der Waals surface area contributed by atoms with Crippen LogP contribution >= 0.6 is 0 Å². The number of fused-ring (bicyclic) bond motifs is 2. The van der Waals surface area contributed by atoms with Crippen LogP contribution in [-0.4, -0.2) is 94.1 Å². The molecule has 0 N–H and O–H groups in total. The van der Waals surface area contributed by atoms with Gasteiger partial charge in [-0.2, -0.15) is 0 Å². The van der Waals surface area contributed by atoms with E-state index >= 15 is 0 Å². The second-order valence-corrected chi connectivity index (χ2v) is 15.6. The number of Topliss-reactive ketones (excluding diaryl/α,β-unsaturated/α-hetero) is 2. The molecule has 4 fully saturated rings. The lowest BCUT2D eigenvalue weighted by Crippen LogP contribution is -2.46. The van der Waals surface area contributed by atoms with Gasteiger partial charge >= 0.3 is 24.1 Å². The fourth-order valence-corrected chi connectivity index (χ4v) is 6.82. The van der Waals surface area contributed by atoms with Gasteiger partial charge in [0.2, 0.25) is 0 Å². The minimum atomic E-state index is -0.766. The molecule has 12 nitrogen and oxygen atoms in total. The summed E-state index contributed by atoms with van der Waals surface area (Å²) in [5.74, 6) is -1.49. The summed E-state index contributed by atoms with van der Waals surface area (Å²) in [5.41, 5.74) is 0.924. The van der Waals surface area contributed by atoms with Gasteiger partial charge in [-0.05, 0) is 90.2 Å². The average Bonchev–Trinajstić information content (AvgIpc) is 3.92. The van der Waals surface area contributed by atoms with Crippen molar-refractivity contribution in [1.29, 1.82) is 0 Å². The highest BCUT2D eigenvalue weighted by molar-refractivity contribution is 6.00. The van der Waals surface area contributed by atoms with Gasteiger partial charge < -0.3 is 18.9 Å². The van der Waals surface area contributed by atoms with Crippen LogP contribution in [0.2, 0.25) is 0 Å². The van der Waals surface area contributed by atoms with E-state index in [1.165, 1.54) is 9.80 Å². The summed E-state index contributed by atoms with van der Waals surface area (Å²) < 4.78 is 21.7. The molecule has 0 aromatic heterocycles. The van der Waals surface area contributed by atoms with Gasteiger partial charge in [0, 0.05) is 23.2 Å². The maximum Gasteiger partial charge on any atom is 0.411 e. The maximum absolute atomic E-state index is 12.9. The number of ketones is 2. The molecule has 2 amide bonds. The van der Waals surface area contributed by atoms with Crippen LogP contribution in [-0.2, 0) is 28.5 Å². The molecule has 0 unspecified atom stereocenters. The lowest BCUT2D eigenvalue weighted by molar-refractivity contribution is -0.148. The van der Waals surface area contributed by atoms with Gasteiger partial charge in [0.15, 0.2) is 24.8 Å². The molecule has 2 heterocycles. The molecular weight excluding hydrogens is 644 g/mol. The number of hydrogen-bond acceptors (Lipinski definition) is 10. The number of rotatable bonds is 9. The Morgan fingerprint density at radius 2 is 0.900 bits per heavy atom. The summed E-state index contributed by atoms with van der Waals surface area (Å²) in [6.45, 7) is 9.71. The monoisotopic (exact) mass is 688 g/mol. The highest BCUT2D eigenvalue weighted by Gasteiger charge is 2.58. The Bertz CT molecular complexity index is 1560. The lowest BCUT2D eigenvalue weighted by atomic mass is 10.0. The van der Waals surface area contributed by atoms with E-state index in [4.69, 9.17) is 18.9 Å². The van der Waals surface area contributed by atoms with Crippen molar-refractivity contribution in [1.82, 2.24) is 9.80 Å². The summed E-state index contributed by atoms with van der Waals surface area (Å²) in [5, 5.41) is 0. The largest absolute Gasteiger partial charge is 0.456 e. The van der Waals surface area contributed by atoms with E-state index < -0.39 is 60.6 Å². The molecule has 2 aliphatic carbocycles. The van der Waals surface area contributed by atoms with Crippen molar-refractivity contribution in [3.05, 3.63) is 59.7 Å². The van der Waals surface area contributed by atoms with Crippen LogP contribution in [0.4, 0.5) is 9.59 Å². The zero-order chi connectivity index (χ0) is 36.1. The number of esters is 2. The predicted octanol–water partition coefficient (Wildman–Crippen LogP) is 5.60. The molecule has 2 aromatic rings. The minimum Gasteiger partial charge on any atom is -0.456 e. The number of amides is 2. The molecular formula is C38H44N2O10. The molecule has 50 heavy (non-hydrogen) atoms. The topological polar surface area (TPSA) is 146 Å². The molecule has 0 bridgehead atoms. The number of piperidine rings is 2. The van der Waals surface area contributed by atoms with Gasteiger partial charge in [0.1, 0.15) is 23.3 Å². The van der Waals surface area contributed by atoms with Crippen molar-refractivity contribution in [2.75, 3.05) is 13.2 Å². The van der Waals surface area contributed by atoms with Crippen molar-refractivity contribution in [3.8, 4) is 11.1 Å². The number of benzene rings is 2. The maximum atomic E-state index is 12.9. The van der Waals surface area contributed by atoms with Crippen LogP contribution in [0.1, 0.15) is 87.9 Å². The fourth-order valence-electron chi connectivity index (χ4n) is 6.82. The smallest absolute Gasteiger partial charge is 0.411 e. The van der Waals surface area contributed by atoms with Crippen LogP contribution in [0.15, 0.2) is 48.5 Å². The van der Waals surface area contributed by atoms with Crippen LogP contribution < -0.4 is 0 Å². The molecule has 2 aromatic carbocycles. The molecule has 2 aliphatic heterocycles. The number of carbonyl (C=O) groups excluding carboxylic acids is 6. The number of carbonyl (C=O) groups is 6. The Hall–Kier alpha value is -4.74. The van der Waals surface area contributed by atoms with Gasteiger partial charge in [-0.1, -0.05) is 48.5 Å². The van der Waals surface area contributed by atoms with Gasteiger partial charge in [-0.15, -0.1) is 0 Å². The fraction of sp³-hybridized carbons (Fsp3) is 0.526. The van der Waals surface area contributed by atoms with E-state index in [-0.39, 0.29) is 35.5 Å². The van der Waals surface area contributed by atoms with E-state index in [2.05, 4.69) is 0 Å². The Morgan fingerprint density at radius 3 is 1.22 bits per heavy atom. The third kappa shape index (κ3) is 7.84. The zero-order valence-corrected chi connectivity index (χ0v) is 29.3. The molecule has 266 valence electrons. The standard InChI is InChI=1S/C38H44N2O10/c1-37(2,3)49-35(45)39-27-15-25(27)17-29(39)33(43)47-19-31(41)23-11-7-21(8-12-23)22-9-13-24(14-10-22)32(42)20-48-34(44)30-18-26-16-28(26)40(30)36(46)50-38(4,5)6/h7-14,25-30H,15-20H2,1-6H3/t25-,26-,27-,28-,29+,30+/m1/s1. The van der Waals surface area contributed by atoms with Crippen molar-refractivity contribution < 1.29 is 47.7 Å². The highest BCUT2D eigenvalue weighted by Crippen LogP contribution is 2.49. The Kier molecular flexibility index (Phi) is 9.26. The van der Waals surface area contributed by atoms with Crippen molar-refractivity contribution in [3.63, 3.8) is 0 Å². The number of likely N-dealkylation sites (tertiary alicyclic amines) is 2. The Balaban J connectivity index is 0.979.